The van der Waals surface area contributed by atoms with Crippen LogP contribution in [0.25, 0.3) is 0 Å². The van der Waals surface area contributed by atoms with Gasteiger partial charge in [-0.3, -0.25) is 9.59 Å². The number of hydrogen-bond donors (Lipinski definition) is 2. The van der Waals surface area contributed by atoms with Gasteiger partial charge < -0.3 is 15.4 Å². The van der Waals surface area contributed by atoms with E-state index in [9.17, 15) is 14.4 Å². The van der Waals surface area contributed by atoms with Crippen molar-refractivity contribution in [3.05, 3.63) is 33.8 Å². The highest BCUT2D eigenvalue weighted by Crippen LogP contribution is 2.25. The standard InChI is InChI=1S/C15H18Cl2N2O4/c1-3-7-18-14(21)9(2)19-12(20)8-23-15(22)10-5-4-6-11(16)13(10)17/h4-6,9H,3,7-8H2,1-2H3,(H,18,21)(H,19,20)/t9-/m0/s1. The predicted octanol–water partition coefficient (Wildman–Crippen LogP) is 2.18. The second kappa shape index (κ2) is 9.37. The second-order valence-electron chi connectivity index (χ2n) is 4.76. The first-order valence-electron chi connectivity index (χ1n) is 7.05. The first kappa shape index (κ1) is 19.3. The minimum Gasteiger partial charge on any atom is -0.452 e. The van der Waals surface area contributed by atoms with Gasteiger partial charge in [0, 0.05) is 6.54 Å². The third-order valence-electron chi connectivity index (χ3n) is 2.83. The average molecular weight is 361 g/mol. The Morgan fingerprint density at radius 2 is 1.96 bits per heavy atom. The van der Waals surface area contributed by atoms with E-state index in [0.29, 0.717) is 6.54 Å². The van der Waals surface area contributed by atoms with E-state index in [2.05, 4.69) is 10.6 Å². The van der Waals surface area contributed by atoms with Crippen molar-refractivity contribution in [2.24, 2.45) is 0 Å². The molecule has 1 aromatic carbocycles. The molecule has 0 unspecified atom stereocenters. The number of carbonyl (C=O) groups is 3. The van der Waals surface area contributed by atoms with Crippen molar-refractivity contribution in [3.8, 4) is 0 Å². The van der Waals surface area contributed by atoms with Crippen molar-refractivity contribution >= 4 is 41.0 Å². The molecule has 2 N–H and O–H groups in total. The van der Waals surface area contributed by atoms with E-state index in [1.54, 1.807) is 13.0 Å². The predicted molar refractivity (Wildman–Crippen MR) is 87.6 cm³/mol. The molecular formula is C15H18Cl2N2O4. The van der Waals surface area contributed by atoms with E-state index in [0.717, 1.165) is 6.42 Å². The van der Waals surface area contributed by atoms with Crippen molar-refractivity contribution < 1.29 is 19.1 Å². The van der Waals surface area contributed by atoms with Gasteiger partial charge in [0.25, 0.3) is 5.91 Å². The van der Waals surface area contributed by atoms with Crippen LogP contribution in [0.3, 0.4) is 0 Å². The van der Waals surface area contributed by atoms with Gasteiger partial charge in [-0.05, 0) is 25.5 Å². The van der Waals surface area contributed by atoms with Crippen LogP contribution in [0.15, 0.2) is 18.2 Å². The van der Waals surface area contributed by atoms with Gasteiger partial charge in [-0.25, -0.2) is 4.79 Å². The number of carbonyl (C=O) groups excluding carboxylic acids is 3. The molecule has 0 bridgehead atoms. The van der Waals surface area contributed by atoms with Gasteiger partial charge in [0.2, 0.25) is 5.91 Å². The maximum Gasteiger partial charge on any atom is 0.340 e. The fourth-order valence-corrected chi connectivity index (χ4v) is 2.00. The van der Waals surface area contributed by atoms with Gasteiger partial charge >= 0.3 is 5.97 Å². The molecule has 2 amide bonds. The first-order chi connectivity index (χ1) is 10.9. The molecule has 0 heterocycles. The van der Waals surface area contributed by atoms with Crippen LogP contribution < -0.4 is 10.6 Å². The smallest absolute Gasteiger partial charge is 0.340 e. The molecule has 1 aromatic rings. The molecule has 0 aliphatic rings. The molecule has 0 aliphatic carbocycles. The quantitative estimate of drug-likeness (QED) is 0.729. The van der Waals surface area contributed by atoms with E-state index in [1.807, 2.05) is 6.92 Å². The summed E-state index contributed by atoms with van der Waals surface area (Å²) in [5.74, 6) is -1.66. The Hall–Kier alpha value is -1.79. The summed E-state index contributed by atoms with van der Waals surface area (Å²) < 4.78 is 4.86. The summed E-state index contributed by atoms with van der Waals surface area (Å²) in [5.41, 5.74) is 0.0701. The van der Waals surface area contributed by atoms with Gasteiger partial charge in [0.1, 0.15) is 6.04 Å². The molecular weight excluding hydrogens is 343 g/mol. The number of benzene rings is 1. The van der Waals surface area contributed by atoms with Gasteiger partial charge in [-0.1, -0.05) is 36.2 Å². The molecule has 0 saturated heterocycles. The zero-order chi connectivity index (χ0) is 17.4. The zero-order valence-corrected chi connectivity index (χ0v) is 14.3. The normalized spacial score (nSPS) is 11.5. The van der Waals surface area contributed by atoms with Crippen LogP contribution in [0, 0.1) is 0 Å². The van der Waals surface area contributed by atoms with Crippen LogP contribution in [0.5, 0.6) is 0 Å². The Bertz CT molecular complexity index is 593. The van der Waals surface area contributed by atoms with Gasteiger partial charge in [-0.15, -0.1) is 0 Å². The summed E-state index contributed by atoms with van der Waals surface area (Å²) in [6.45, 7) is 3.47. The number of halogens is 2. The number of hydrogen-bond acceptors (Lipinski definition) is 4. The number of ether oxygens (including phenoxy) is 1. The van der Waals surface area contributed by atoms with Crippen molar-refractivity contribution in [3.63, 3.8) is 0 Å². The molecule has 0 aromatic heterocycles. The Morgan fingerprint density at radius 1 is 1.26 bits per heavy atom. The third kappa shape index (κ3) is 6.08. The lowest BCUT2D eigenvalue weighted by atomic mass is 10.2. The third-order valence-corrected chi connectivity index (χ3v) is 3.64. The Kier molecular flexibility index (Phi) is 7.85. The Labute approximate surface area is 144 Å². The van der Waals surface area contributed by atoms with Crippen molar-refractivity contribution in [1.82, 2.24) is 10.6 Å². The highest BCUT2D eigenvalue weighted by molar-refractivity contribution is 6.43. The molecule has 1 atom stereocenters. The minimum atomic E-state index is -0.768. The van der Waals surface area contributed by atoms with E-state index < -0.39 is 24.5 Å². The summed E-state index contributed by atoms with van der Waals surface area (Å²) in [6.07, 6.45) is 0.796. The molecule has 6 nitrogen and oxygen atoms in total. The lowest BCUT2D eigenvalue weighted by Crippen LogP contribution is -2.46. The van der Waals surface area contributed by atoms with E-state index in [-0.39, 0.29) is 21.5 Å². The van der Waals surface area contributed by atoms with Crippen LogP contribution in [0.4, 0.5) is 0 Å². The summed E-state index contributed by atoms with van der Waals surface area (Å²) in [6, 6.07) is 3.80. The van der Waals surface area contributed by atoms with Crippen molar-refractivity contribution in [1.29, 1.82) is 0 Å². The van der Waals surface area contributed by atoms with Gasteiger partial charge in [-0.2, -0.15) is 0 Å². The van der Waals surface area contributed by atoms with Crippen LogP contribution in [-0.2, 0) is 14.3 Å². The average Bonchev–Trinajstić information content (AvgIpc) is 2.52. The molecule has 0 aliphatic heterocycles. The van der Waals surface area contributed by atoms with Crippen LogP contribution >= 0.6 is 23.2 Å². The van der Waals surface area contributed by atoms with Crippen LogP contribution in [0.2, 0.25) is 10.0 Å². The zero-order valence-electron chi connectivity index (χ0n) is 12.8. The molecule has 0 spiro atoms. The summed E-state index contributed by atoms with van der Waals surface area (Å²) in [4.78, 5) is 35.2. The molecule has 0 saturated carbocycles. The number of amides is 2. The molecule has 8 heteroatoms. The number of esters is 1. The minimum absolute atomic E-state index is 0.0619. The summed E-state index contributed by atoms with van der Waals surface area (Å²) >= 11 is 11.7. The largest absolute Gasteiger partial charge is 0.452 e. The lowest BCUT2D eigenvalue weighted by Gasteiger charge is -2.14. The fraction of sp³-hybridized carbons (Fsp3) is 0.400. The second-order valence-corrected chi connectivity index (χ2v) is 5.54. The Balaban J connectivity index is 2.48. The molecule has 126 valence electrons. The lowest BCUT2D eigenvalue weighted by molar-refractivity contribution is -0.130. The topological polar surface area (TPSA) is 84.5 Å². The van der Waals surface area contributed by atoms with Gasteiger partial charge in [0.15, 0.2) is 6.61 Å². The van der Waals surface area contributed by atoms with Crippen molar-refractivity contribution in [2.45, 2.75) is 26.3 Å². The molecule has 0 fully saturated rings. The maximum absolute atomic E-state index is 11.9. The van der Waals surface area contributed by atoms with Crippen LogP contribution in [0.1, 0.15) is 30.6 Å². The highest BCUT2D eigenvalue weighted by atomic mass is 35.5. The van der Waals surface area contributed by atoms with E-state index >= 15 is 0 Å². The van der Waals surface area contributed by atoms with Gasteiger partial charge in [0.05, 0.1) is 15.6 Å². The number of rotatable bonds is 7. The highest BCUT2D eigenvalue weighted by Gasteiger charge is 2.18. The first-order valence-corrected chi connectivity index (χ1v) is 7.80. The van der Waals surface area contributed by atoms with E-state index in [1.165, 1.54) is 12.1 Å². The van der Waals surface area contributed by atoms with Crippen LogP contribution in [-0.4, -0.2) is 37.0 Å². The molecule has 1 rings (SSSR count). The fourth-order valence-electron chi connectivity index (χ4n) is 1.62. The SMILES string of the molecule is CCCNC(=O)[C@H](C)NC(=O)COC(=O)c1cccc(Cl)c1Cl. The Morgan fingerprint density at radius 3 is 2.61 bits per heavy atom. The summed E-state index contributed by atoms with van der Waals surface area (Å²) in [7, 11) is 0. The monoisotopic (exact) mass is 360 g/mol. The number of nitrogens with one attached hydrogen (secondary N) is 2. The summed E-state index contributed by atoms with van der Waals surface area (Å²) in [5, 5.41) is 5.36. The van der Waals surface area contributed by atoms with E-state index in [4.69, 9.17) is 27.9 Å². The maximum atomic E-state index is 11.9. The van der Waals surface area contributed by atoms with Crippen molar-refractivity contribution in [2.75, 3.05) is 13.2 Å². The molecule has 0 radical (unpaired) electrons. The molecule has 23 heavy (non-hydrogen) atoms.